The molecule has 21 heavy (non-hydrogen) atoms. The fourth-order valence-electron chi connectivity index (χ4n) is 3.87. The molecule has 1 N–H and O–H groups in total. The topological polar surface area (TPSA) is 12.0 Å². The van der Waals surface area contributed by atoms with Crippen molar-refractivity contribution in [1.82, 2.24) is 5.32 Å². The smallest absolute Gasteiger partial charge is 0.126 e. The summed E-state index contributed by atoms with van der Waals surface area (Å²) < 4.78 is 14.0. The van der Waals surface area contributed by atoms with Gasteiger partial charge in [0.1, 0.15) is 5.82 Å². The number of hydrogen-bond donors (Lipinski definition) is 1. The highest BCUT2D eigenvalue weighted by Gasteiger charge is 2.31. The fraction of sp³-hybridized carbons (Fsp3) is 0.684. The number of nitrogens with one attached hydrogen (secondary N) is 1. The zero-order valence-corrected chi connectivity index (χ0v) is 13.2. The highest BCUT2D eigenvalue weighted by atomic mass is 19.1. The normalized spacial score (nSPS) is 29.5. The summed E-state index contributed by atoms with van der Waals surface area (Å²) >= 11 is 0. The molecule has 2 heteroatoms. The molecule has 1 aromatic carbocycles. The van der Waals surface area contributed by atoms with E-state index >= 15 is 0 Å². The fourth-order valence-corrected chi connectivity index (χ4v) is 3.87. The third-order valence-electron chi connectivity index (χ3n) is 5.51. The van der Waals surface area contributed by atoms with Gasteiger partial charge in [-0.25, -0.2) is 4.39 Å². The van der Waals surface area contributed by atoms with Crippen molar-refractivity contribution in [2.45, 2.75) is 57.9 Å². The highest BCUT2D eigenvalue weighted by molar-refractivity contribution is 5.18. The van der Waals surface area contributed by atoms with Crippen molar-refractivity contribution >= 4 is 0 Å². The Kier molecular flexibility index (Phi) is 4.95. The van der Waals surface area contributed by atoms with Gasteiger partial charge in [-0.15, -0.1) is 0 Å². The first-order valence-corrected chi connectivity index (χ1v) is 8.73. The summed E-state index contributed by atoms with van der Waals surface area (Å²) in [7, 11) is 0. The minimum atomic E-state index is -0.0231. The van der Waals surface area contributed by atoms with Gasteiger partial charge in [0.2, 0.25) is 0 Å². The Labute approximate surface area is 128 Å². The molecule has 3 unspecified atom stereocenters. The van der Waals surface area contributed by atoms with E-state index in [2.05, 4.69) is 12.2 Å². The van der Waals surface area contributed by atoms with Crippen LogP contribution in [0.15, 0.2) is 24.3 Å². The van der Waals surface area contributed by atoms with Gasteiger partial charge in [-0.05, 0) is 68.0 Å². The van der Waals surface area contributed by atoms with Gasteiger partial charge in [0, 0.05) is 6.04 Å². The molecular formula is C19H28FN. The zero-order chi connectivity index (χ0) is 14.7. The summed E-state index contributed by atoms with van der Waals surface area (Å²) in [5, 5.41) is 3.70. The van der Waals surface area contributed by atoms with Crippen LogP contribution in [-0.4, -0.2) is 12.6 Å². The molecule has 0 bridgehead atoms. The molecule has 1 nitrogen and oxygen atoms in total. The minimum absolute atomic E-state index is 0.0231. The average molecular weight is 289 g/mol. The van der Waals surface area contributed by atoms with Crippen molar-refractivity contribution in [3.63, 3.8) is 0 Å². The van der Waals surface area contributed by atoms with E-state index in [0.717, 1.165) is 36.4 Å². The van der Waals surface area contributed by atoms with Gasteiger partial charge in [0.15, 0.2) is 0 Å². The van der Waals surface area contributed by atoms with Crippen LogP contribution in [0.4, 0.5) is 4.39 Å². The molecule has 2 fully saturated rings. The number of hydrogen-bond acceptors (Lipinski definition) is 1. The summed E-state index contributed by atoms with van der Waals surface area (Å²) in [6, 6.07) is 8.11. The second-order valence-electron chi connectivity index (χ2n) is 7.09. The first-order valence-electron chi connectivity index (χ1n) is 8.73. The van der Waals surface area contributed by atoms with Gasteiger partial charge >= 0.3 is 0 Å². The molecular weight excluding hydrogens is 261 g/mol. The maximum atomic E-state index is 14.0. The quantitative estimate of drug-likeness (QED) is 0.809. The first kappa shape index (κ1) is 15.0. The van der Waals surface area contributed by atoms with E-state index in [-0.39, 0.29) is 5.82 Å². The van der Waals surface area contributed by atoms with E-state index in [9.17, 15) is 4.39 Å². The van der Waals surface area contributed by atoms with Crippen LogP contribution in [0.1, 0.15) is 51.0 Å². The Hall–Kier alpha value is -0.890. The van der Waals surface area contributed by atoms with Crippen molar-refractivity contribution in [3.05, 3.63) is 35.6 Å². The molecule has 0 aliphatic heterocycles. The first-order chi connectivity index (χ1) is 10.3. The molecule has 1 aromatic rings. The van der Waals surface area contributed by atoms with E-state index in [1.807, 2.05) is 12.1 Å². The highest BCUT2D eigenvalue weighted by Crippen LogP contribution is 2.38. The summed E-state index contributed by atoms with van der Waals surface area (Å²) in [5.41, 5.74) is 0.913. The second kappa shape index (κ2) is 6.91. The van der Waals surface area contributed by atoms with Crippen molar-refractivity contribution in [1.29, 1.82) is 0 Å². The lowest BCUT2D eigenvalue weighted by Crippen LogP contribution is -2.35. The predicted octanol–water partition coefficient (Wildman–Crippen LogP) is 4.56. The largest absolute Gasteiger partial charge is 0.314 e. The monoisotopic (exact) mass is 289 g/mol. The second-order valence-corrected chi connectivity index (χ2v) is 7.09. The van der Waals surface area contributed by atoms with Crippen LogP contribution in [0.3, 0.4) is 0 Å². The van der Waals surface area contributed by atoms with E-state index in [1.165, 1.54) is 38.5 Å². The Morgan fingerprint density at radius 2 is 1.90 bits per heavy atom. The van der Waals surface area contributed by atoms with Crippen LogP contribution >= 0.6 is 0 Å². The van der Waals surface area contributed by atoms with Gasteiger partial charge in [0.25, 0.3) is 0 Å². The van der Waals surface area contributed by atoms with Crippen LogP contribution < -0.4 is 5.32 Å². The Morgan fingerprint density at radius 1 is 1.10 bits per heavy atom. The van der Waals surface area contributed by atoms with Gasteiger partial charge < -0.3 is 5.32 Å². The molecule has 0 radical (unpaired) electrons. The van der Waals surface area contributed by atoms with Crippen molar-refractivity contribution in [2.75, 3.05) is 6.54 Å². The molecule has 3 atom stereocenters. The maximum absolute atomic E-state index is 14.0. The Balaban J connectivity index is 1.65. The lowest BCUT2D eigenvalue weighted by molar-refractivity contribution is 0.170. The van der Waals surface area contributed by atoms with Crippen LogP contribution in [0.25, 0.3) is 0 Å². The minimum Gasteiger partial charge on any atom is -0.314 e. The van der Waals surface area contributed by atoms with Crippen molar-refractivity contribution in [2.24, 2.45) is 17.8 Å². The van der Waals surface area contributed by atoms with E-state index in [1.54, 1.807) is 12.1 Å². The van der Waals surface area contributed by atoms with E-state index in [0.29, 0.717) is 5.92 Å². The molecule has 0 aromatic heterocycles. The van der Waals surface area contributed by atoms with Gasteiger partial charge in [0.05, 0.1) is 0 Å². The van der Waals surface area contributed by atoms with Crippen LogP contribution in [-0.2, 0) is 6.42 Å². The standard InChI is InChI=1S/C19H28FN/c1-2-14-7-8-16(13-21-18-9-10-18)17(11-14)12-15-5-3-4-6-19(15)20/h3-6,14,16-18,21H,2,7-13H2,1H3. The summed E-state index contributed by atoms with van der Waals surface area (Å²) in [5.74, 6) is 2.20. The van der Waals surface area contributed by atoms with Crippen molar-refractivity contribution < 1.29 is 4.39 Å². The van der Waals surface area contributed by atoms with Gasteiger partial charge in [-0.1, -0.05) is 38.0 Å². The maximum Gasteiger partial charge on any atom is 0.126 e. The lowest BCUT2D eigenvalue weighted by atomic mass is 9.71. The molecule has 0 amide bonds. The van der Waals surface area contributed by atoms with E-state index < -0.39 is 0 Å². The molecule has 3 rings (SSSR count). The molecule has 116 valence electrons. The Bertz CT molecular complexity index is 455. The third kappa shape index (κ3) is 4.06. The zero-order valence-electron chi connectivity index (χ0n) is 13.2. The summed E-state index contributed by atoms with van der Waals surface area (Å²) in [4.78, 5) is 0. The van der Waals surface area contributed by atoms with Gasteiger partial charge in [-0.3, -0.25) is 0 Å². The molecule has 0 spiro atoms. The van der Waals surface area contributed by atoms with E-state index in [4.69, 9.17) is 0 Å². The van der Waals surface area contributed by atoms with Gasteiger partial charge in [-0.2, -0.15) is 0 Å². The predicted molar refractivity (Wildman–Crippen MR) is 85.7 cm³/mol. The Morgan fingerprint density at radius 3 is 2.62 bits per heavy atom. The van der Waals surface area contributed by atoms with Crippen molar-refractivity contribution in [3.8, 4) is 0 Å². The number of rotatable bonds is 6. The third-order valence-corrected chi connectivity index (χ3v) is 5.51. The molecule has 0 heterocycles. The summed E-state index contributed by atoms with van der Waals surface area (Å²) in [6.45, 7) is 3.44. The number of halogens is 1. The SMILES string of the molecule is CCC1CCC(CNC2CC2)C(Cc2ccccc2F)C1. The van der Waals surface area contributed by atoms with Crippen LogP contribution in [0.2, 0.25) is 0 Å². The molecule has 2 saturated carbocycles. The molecule has 2 aliphatic rings. The van der Waals surface area contributed by atoms with Crippen LogP contribution in [0, 0.1) is 23.6 Å². The average Bonchev–Trinajstić information content (AvgIpc) is 3.32. The van der Waals surface area contributed by atoms with Crippen LogP contribution in [0.5, 0.6) is 0 Å². The number of benzene rings is 1. The lowest BCUT2D eigenvalue weighted by Gasteiger charge is -2.36. The summed E-state index contributed by atoms with van der Waals surface area (Å²) in [6.07, 6.45) is 8.85. The molecule has 0 saturated heterocycles. The molecule has 2 aliphatic carbocycles.